The van der Waals surface area contributed by atoms with Crippen LogP contribution in [0.1, 0.15) is 39.2 Å². The number of carbonyl (C=O) groups excluding carboxylic acids is 3. The first-order valence-corrected chi connectivity index (χ1v) is 9.89. The van der Waals surface area contributed by atoms with Gasteiger partial charge in [0.05, 0.1) is 18.4 Å². The largest absolute Gasteiger partial charge is 0.464 e. The molecule has 0 saturated carbocycles. The molecule has 0 aliphatic heterocycles. The van der Waals surface area contributed by atoms with Crippen LogP contribution in [0, 0.1) is 17.8 Å². The molecule has 0 heterocycles. The number of hydrogen-bond acceptors (Lipinski definition) is 5. The van der Waals surface area contributed by atoms with Gasteiger partial charge in [0.25, 0.3) is 0 Å². The highest BCUT2D eigenvalue weighted by Crippen LogP contribution is 2.25. The number of carbonyl (C=O) groups is 3. The van der Waals surface area contributed by atoms with Crippen molar-refractivity contribution in [3.8, 4) is 0 Å². The molecule has 3 N–H and O–H groups in total. The average molecular weight is 405 g/mol. The Morgan fingerprint density at radius 3 is 2.31 bits per heavy atom. The quantitative estimate of drug-likeness (QED) is 0.215. The smallest absolute Gasteiger partial charge is 0.328 e. The molecule has 160 valence electrons. The Kier molecular flexibility index (Phi) is 10.7. The van der Waals surface area contributed by atoms with Crippen molar-refractivity contribution >= 4 is 17.8 Å². The monoisotopic (exact) mass is 404 g/mol. The van der Waals surface area contributed by atoms with E-state index < -0.39 is 35.7 Å². The zero-order valence-corrected chi connectivity index (χ0v) is 17.4. The van der Waals surface area contributed by atoms with Crippen LogP contribution in [0.2, 0.25) is 0 Å². The molecule has 1 rings (SSSR count). The minimum atomic E-state index is -0.874. The van der Waals surface area contributed by atoms with Crippen LogP contribution >= 0.6 is 0 Å². The van der Waals surface area contributed by atoms with Crippen molar-refractivity contribution in [1.29, 1.82) is 0 Å². The predicted octanol–water partition coefficient (Wildman–Crippen LogP) is 2.64. The molecule has 7 heteroatoms. The lowest BCUT2D eigenvalue weighted by Crippen LogP contribution is -2.49. The van der Waals surface area contributed by atoms with Crippen LogP contribution in [-0.2, 0) is 25.5 Å². The van der Waals surface area contributed by atoms with Crippen molar-refractivity contribution in [3.63, 3.8) is 0 Å². The van der Waals surface area contributed by atoms with Gasteiger partial charge in [-0.25, -0.2) is 10.3 Å². The van der Waals surface area contributed by atoms with E-state index in [1.165, 1.54) is 6.08 Å². The number of nitrogens with one attached hydrogen (secondary N) is 2. The summed E-state index contributed by atoms with van der Waals surface area (Å²) in [6, 6.07) is 8.43. The lowest BCUT2D eigenvalue weighted by Gasteiger charge is -2.27. The van der Waals surface area contributed by atoms with Crippen LogP contribution in [-0.4, -0.2) is 35.6 Å². The van der Waals surface area contributed by atoms with Crippen molar-refractivity contribution in [2.75, 3.05) is 6.61 Å². The van der Waals surface area contributed by atoms with Crippen molar-refractivity contribution in [1.82, 2.24) is 10.8 Å². The fraction of sp³-hybridized carbons (Fsp3) is 0.500. The van der Waals surface area contributed by atoms with E-state index in [4.69, 9.17) is 9.94 Å². The van der Waals surface area contributed by atoms with Gasteiger partial charge in [0.1, 0.15) is 6.04 Å². The Labute approximate surface area is 172 Å². The second-order valence-electron chi connectivity index (χ2n) is 7.35. The first-order valence-electron chi connectivity index (χ1n) is 9.89. The molecular weight excluding hydrogens is 372 g/mol. The average Bonchev–Trinajstić information content (AvgIpc) is 2.70. The summed E-state index contributed by atoms with van der Waals surface area (Å²) < 4.78 is 5.13. The van der Waals surface area contributed by atoms with Gasteiger partial charge in [-0.05, 0) is 31.2 Å². The Bertz CT molecular complexity index is 675. The molecule has 1 aromatic rings. The third kappa shape index (κ3) is 8.07. The first-order chi connectivity index (χ1) is 13.8. The number of ether oxygens (including phenoxy) is 1. The van der Waals surface area contributed by atoms with Crippen LogP contribution in [0.25, 0.3) is 0 Å². The van der Waals surface area contributed by atoms with E-state index in [1.54, 1.807) is 12.4 Å². The third-order valence-corrected chi connectivity index (χ3v) is 4.59. The van der Waals surface area contributed by atoms with Crippen molar-refractivity contribution in [3.05, 3.63) is 48.6 Å². The molecule has 1 aromatic carbocycles. The molecule has 0 saturated heterocycles. The normalized spacial score (nSPS) is 13.8. The molecule has 0 radical (unpaired) electrons. The highest BCUT2D eigenvalue weighted by molar-refractivity contribution is 5.90. The molecule has 0 bridgehead atoms. The zero-order valence-electron chi connectivity index (χ0n) is 17.4. The molecule has 3 atom stereocenters. The minimum Gasteiger partial charge on any atom is -0.464 e. The number of esters is 1. The summed E-state index contributed by atoms with van der Waals surface area (Å²) in [5.41, 5.74) is 2.51. The van der Waals surface area contributed by atoms with E-state index in [0.717, 1.165) is 5.56 Å². The zero-order chi connectivity index (χ0) is 21.8. The predicted molar refractivity (Wildman–Crippen MR) is 110 cm³/mol. The molecule has 0 aromatic heterocycles. The maximum atomic E-state index is 13.1. The number of benzene rings is 1. The molecule has 0 spiro atoms. The summed E-state index contributed by atoms with van der Waals surface area (Å²) in [5, 5.41) is 11.9. The van der Waals surface area contributed by atoms with Crippen molar-refractivity contribution in [2.45, 2.75) is 46.1 Å². The van der Waals surface area contributed by atoms with E-state index in [-0.39, 0.29) is 25.4 Å². The number of hydroxylamine groups is 1. The Balaban J connectivity index is 3.10. The van der Waals surface area contributed by atoms with Gasteiger partial charge in [0.15, 0.2) is 0 Å². The Morgan fingerprint density at radius 2 is 1.79 bits per heavy atom. The van der Waals surface area contributed by atoms with E-state index in [0.29, 0.717) is 6.42 Å². The second kappa shape index (κ2) is 12.7. The van der Waals surface area contributed by atoms with Crippen molar-refractivity contribution < 1.29 is 24.3 Å². The summed E-state index contributed by atoms with van der Waals surface area (Å²) in [6.45, 7) is 9.42. The highest BCUT2D eigenvalue weighted by atomic mass is 16.5. The molecule has 7 nitrogen and oxygen atoms in total. The maximum absolute atomic E-state index is 13.1. The SMILES string of the molecule is C=CC[C@H](C(=O)NO)[C@@H](CC(C)C)C(=O)N[C@@H](Cc1ccccc1)C(=O)OCC. The van der Waals surface area contributed by atoms with Gasteiger partial charge in [0, 0.05) is 6.42 Å². The maximum Gasteiger partial charge on any atom is 0.328 e. The lowest BCUT2D eigenvalue weighted by molar-refractivity contribution is -0.148. The number of hydrogen-bond donors (Lipinski definition) is 3. The standard InChI is InChI=1S/C22H32N2O5/c1-5-10-17(21(26)24-28)18(13-15(3)4)20(25)23-19(22(27)29-6-2)14-16-11-8-7-9-12-16/h5,7-9,11-12,15,17-19,28H,1,6,10,13-14H2,2-4H3,(H,23,25)(H,24,26)/t17-,18+,19-/m0/s1. The fourth-order valence-corrected chi connectivity index (χ4v) is 3.24. The van der Waals surface area contributed by atoms with Crippen molar-refractivity contribution in [2.24, 2.45) is 17.8 Å². The summed E-state index contributed by atoms with van der Waals surface area (Å²) >= 11 is 0. The van der Waals surface area contributed by atoms with Gasteiger partial charge in [-0.2, -0.15) is 0 Å². The molecule has 29 heavy (non-hydrogen) atoms. The molecule has 0 unspecified atom stereocenters. The van der Waals surface area contributed by atoms with E-state index in [1.807, 2.05) is 44.2 Å². The van der Waals surface area contributed by atoms with Gasteiger partial charge >= 0.3 is 5.97 Å². The molecular formula is C22H32N2O5. The molecule has 2 amide bonds. The molecule has 0 fully saturated rings. The molecule has 0 aliphatic carbocycles. The minimum absolute atomic E-state index is 0.125. The fourth-order valence-electron chi connectivity index (χ4n) is 3.24. The summed E-state index contributed by atoms with van der Waals surface area (Å²) in [4.78, 5) is 37.7. The van der Waals surface area contributed by atoms with Crippen LogP contribution in [0.4, 0.5) is 0 Å². The van der Waals surface area contributed by atoms with Crippen LogP contribution in [0.5, 0.6) is 0 Å². The van der Waals surface area contributed by atoms with Crippen LogP contribution < -0.4 is 10.8 Å². The second-order valence-corrected chi connectivity index (χ2v) is 7.35. The number of amides is 2. The number of rotatable bonds is 12. The van der Waals surface area contributed by atoms with Gasteiger partial charge in [-0.15, -0.1) is 6.58 Å². The summed E-state index contributed by atoms with van der Waals surface area (Å²) in [6.07, 6.45) is 2.45. The van der Waals surface area contributed by atoms with E-state index >= 15 is 0 Å². The highest BCUT2D eigenvalue weighted by Gasteiger charge is 2.35. The summed E-state index contributed by atoms with van der Waals surface area (Å²) in [7, 11) is 0. The van der Waals surface area contributed by atoms with Crippen LogP contribution in [0.3, 0.4) is 0 Å². The van der Waals surface area contributed by atoms with Crippen LogP contribution in [0.15, 0.2) is 43.0 Å². The Morgan fingerprint density at radius 1 is 1.14 bits per heavy atom. The third-order valence-electron chi connectivity index (χ3n) is 4.59. The molecule has 0 aliphatic rings. The lowest BCUT2D eigenvalue weighted by atomic mass is 9.82. The summed E-state index contributed by atoms with van der Waals surface area (Å²) in [5.74, 6) is -3.00. The van der Waals surface area contributed by atoms with E-state index in [9.17, 15) is 14.4 Å². The topological polar surface area (TPSA) is 105 Å². The van der Waals surface area contributed by atoms with Gasteiger partial charge in [0.2, 0.25) is 11.8 Å². The first kappa shape index (κ1) is 24.4. The van der Waals surface area contributed by atoms with E-state index in [2.05, 4.69) is 11.9 Å². The number of allylic oxidation sites excluding steroid dienone is 1. The Hall–Kier alpha value is -2.67. The van der Waals surface area contributed by atoms with Gasteiger partial charge < -0.3 is 10.1 Å². The van der Waals surface area contributed by atoms with Gasteiger partial charge in [-0.3, -0.25) is 14.8 Å². The van der Waals surface area contributed by atoms with Gasteiger partial charge in [-0.1, -0.05) is 50.3 Å².